The highest BCUT2D eigenvalue weighted by molar-refractivity contribution is 5.96. The molecule has 1 aromatic carbocycles. The van der Waals surface area contributed by atoms with Crippen LogP contribution in [0, 0.1) is 11.7 Å². The predicted molar refractivity (Wildman–Crippen MR) is 71.6 cm³/mol. The summed E-state index contributed by atoms with van der Waals surface area (Å²) < 4.78 is 13.7. The zero-order valence-electron chi connectivity index (χ0n) is 11.2. The first kappa shape index (κ1) is 14.3. The Bertz CT molecular complexity index is 545. The van der Waals surface area contributed by atoms with Crippen molar-refractivity contribution in [2.45, 2.75) is 19.8 Å². The van der Waals surface area contributed by atoms with Gasteiger partial charge in [-0.05, 0) is 18.6 Å². The average molecular weight is 280 g/mol. The van der Waals surface area contributed by atoms with Crippen molar-refractivity contribution in [3.05, 3.63) is 29.6 Å². The maximum atomic E-state index is 13.7. The second-order valence-corrected chi connectivity index (χ2v) is 4.86. The fraction of sp³-hybridized carbons (Fsp3) is 0.429. The van der Waals surface area contributed by atoms with Gasteiger partial charge in [0.2, 0.25) is 0 Å². The largest absolute Gasteiger partial charge is 0.508 e. The number of carbonyl (C=O) groups excluding carboxylic acids is 1. The number of halogens is 1. The summed E-state index contributed by atoms with van der Waals surface area (Å²) in [6.45, 7) is 2.76. The molecule has 1 aliphatic heterocycles. The van der Waals surface area contributed by atoms with Crippen LogP contribution >= 0.6 is 0 Å². The van der Waals surface area contributed by atoms with E-state index in [1.54, 1.807) is 4.90 Å². The maximum absolute atomic E-state index is 13.7. The summed E-state index contributed by atoms with van der Waals surface area (Å²) in [7, 11) is 0. The summed E-state index contributed by atoms with van der Waals surface area (Å²) in [6.07, 6.45) is 1.24. The van der Waals surface area contributed by atoms with Crippen LogP contribution in [0.2, 0.25) is 0 Å². The monoisotopic (exact) mass is 280 g/mol. The van der Waals surface area contributed by atoms with Crippen molar-refractivity contribution in [1.29, 1.82) is 0 Å². The van der Waals surface area contributed by atoms with Crippen LogP contribution in [0.4, 0.5) is 4.39 Å². The number of benzene rings is 1. The van der Waals surface area contributed by atoms with Crippen molar-refractivity contribution in [3.8, 4) is 5.75 Å². The van der Waals surface area contributed by atoms with Gasteiger partial charge < -0.3 is 15.2 Å². The number of amides is 1. The van der Waals surface area contributed by atoms with Gasteiger partial charge in [0.05, 0.1) is 11.3 Å². The highest BCUT2D eigenvalue weighted by Gasteiger charge is 2.29. The number of likely N-dealkylation sites (tertiary alicyclic amines) is 1. The van der Waals surface area contributed by atoms with Crippen molar-refractivity contribution in [3.63, 3.8) is 0 Å². The van der Waals surface area contributed by atoms with Gasteiger partial charge in [-0.25, -0.2) is 4.39 Å². The van der Waals surface area contributed by atoms with Gasteiger partial charge >= 0.3 is 0 Å². The van der Waals surface area contributed by atoms with Crippen LogP contribution in [-0.4, -0.2) is 39.9 Å². The van der Waals surface area contributed by atoms with E-state index in [0.717, 1.165) is 12.5 Å². The Labute approximate surface area is 116 Å². The maximum Gasteiger partial charge on any atom is 0.256 e. The molecule has 0 aromatic heterocycles. The molecule has 1 unspecified atom stereocenters. The third kappa shape index (κ3) is 2.74. The SMILES string of the molecule is CCC1CN(C(=O)c2ccc(O)cc2F)CC/C1=N\O. The molecule has 1 atom stereocenters. The van der Waals surface area contributed by atoms with Gasteiger partial charge in [0.15, 0.2) is 0 Å². The molecule has 5 nitrogen and oxygen atoms in total. The van der Waals surface area contributed by atoms with E-state index in [2.05, 4.69) is 5.16 Å². The van der Waals surface area contributed by atoms with Gasteiger partial charge in [0.1, 0.15) is 11.6 Å². The molecule has 6 heteroatoms. The lowest BCUT2D eigenvalue weighted by molar-refractivity contribution is 0.0724. The number of aromatic hydroxyl groups is 1. The molecule has 0 aliphatic carbocycles. The van der Waals surface area contributed by atoms with Gasteiger partial charge in [0.25, 0.3) is 5.91 Å². The number of carbonyl (C=O) groups is 1. The number of phenols is 1. The predicted octanol–water partition coefficient (Wildman–Crippen LogP) is 2.23. The van der Waals surface area contributed by atoms with Crippen molar-refractivity contribution in [2.75, 3.05) is 13.1 Å². The molecular weight excluding hydrogens is 263 g/mol. The minimum absolute atomic E-state index is 0.00197. The number of phenolic OH excluding ortho intramolecular Hbond substituents is 1. The second kappa shape index (κ2) is 5.90. The third-order valence-corrected chi connectivity index (χ3v) is 3.64. The molecule has 1 aromatic rings. The van der Waals surface area contributed by atoms with Gasteiger partial charge in [-0.2, -0.15) is 0 Å². The normalized spacial score (nSPS) is 21.2. The van der Waals surface area contributed by atoms with E-state index >= 15 is 0 Å². The number of oxime groups is 1. The summed E-state index contributed by atoms with van der Waals surface area (Å²) in [4.78, 5) is 13.8. The van der Waals surface area contributed by atoms with Crippen LogP contribution < -0.4 is 0 Å². The van der Waals surface area contributed by atoms with Crippen LogP contribution in [0.3, 0.4) is 0 Å². The van der Waals surface area contributed by atoms with Crippen LogP contribution in [0.1, 0.15) is 30.1 Å². The lowest BCUT2D eigenvalue weighted by Crippen LogP contribution is -2.44. The molecule has 0 saturated carbocycles. The summed E-state index contributed by atoms with van der Waals surface area (Å²) in [5.74, 6) is -1.35. The number of rotatable bonds is 2. The van der Waals surface area contributed by atoms with Crippen LogP contribution in [0.5, 0.6) is 5.75 Å². The number of piperidine rings is 1. The summed E-state index contributed by atoms with van der Waals surface area (Å²) in [6, 6.07) is 3.50. The average Bonchev–Trinajstić information content (AvgIpc) is 2.45. The van der Waals surface area contributed by atoms with E-state index in [-0.39, 0.29) is 17.2 Å². The minimum atomic E-state index is -0.732. The van der Waals surface area contributed by atoms with Crippen LogP contribution in [0.15, 0.2) is 23.4 Å². The Hall–Kier alpha value is -2.11. The number of nitrogens with zero attached hydrogens (tertiary/aromatic N) is 2. The number of hydrogen-bond donors (Lipinski definition) is 2. The first-order valence-corrected chi connectivity index (χ1v) is 6.55. The zero-order valence-corrected chi connectivity index (χ0v) is 11.2. The van der Waals surface area contributed by atoms with Gasteiger partial charge in [-0.1, -0.05) is 12.1 Å². The third-order valence-electron chi connectivity index (χ3n) is 3.64. The molecule has 20 heavy (non-hydrogen) atoms. The quantitative estimate of drug-likeness (QED) is 0.644. The molecule has 1 amide bonds. The standard InChI is InChI=1S/C14H17FN2O3/c1-2-9-8-17(6-5-13(9)16-20)14(19)11-4-3-10(18)7-12(11)15/h3-4,7,9,18,20H,2,5-6,8H2,1H3/b16-13+. The molecule has 1 saturated heterocycles. The van der Waals surface area contributed by atoms with Gasteiger partial charge in [0, 0.05) is 31.5 Å². The first-order valence-electron chi connectivity index (χ1n) is 6.55. The lowest BCUT2D eigenvalue weighted by Gasteiger charge is -2.33. The van der Waals surface area contributed by atoms with E-state index in [9.17, 15) is 9.18 Å². The molecule has 1 aliphatic rings. The van der Waals surface area contributed by atoms with E-state index in [1.165, 1.54) is 12.1 Å². The van der Waals surface area contributed by atoms with Crippen molar-refractivity contribution in [1.82, 2.24) is 4.90 Å². The van der Waals surface area contributed by atoms with E-state index in [1.807, 2.05) is 6.92 Å². The van der Waals surface area contributed by atoms with Crippen LogP contribution in [0.25, 0.3) is 0 Å². The van der Waals surface area contributed by atoms with E-state index in [0.29, 0.717) is 25.2 Å². The zero-order chi connectivity index (χ0) is 14.7. The minimum Gasteiger partial charge on any atom is -0.508 e. The van der Waals surface area contributed by atoms with Crippen LogP contribution in [-0.2, 0) is 0 Å². The van der Waals surface area contributed by atoms with E-state index in [4.69, 9.17) is 10.3 Å². The molecule has 2 rings (SSSR count). The second-order valence-electron chi connectivity index (χ2n) is 4.86. The Kier molecular flexibility index (Phi) is 4.22. The molecular formula is C14H17FN2O3. The molecule has 0 radical (unpaired) electrons. The molecule has 2 N–H and O–H groups in total. The Morgan fingerprint density at radius 3 is 2.90 bits per heavy atom. The smallest absolute Gasteiger partial charge is 0.256 e. The van der Waals surface area contributed by atoms with Crippen molar-refractivity contribution >= 4 is 11.6 Å². The first-order chi connectivity index (χ1) is 9.56. The molecule has 0 spiro atoms. The highest BCUT2D eigenvalue weighted by Crippen LogP contribution is 2.22. The molecule has 1 fully saturated rings. The molecule has 1 heterocycles. The Balaban J connectivity index is 2.18. The molecule has 108 valence electrons. The van der Waals surface area contributed by atoms with Gasteiger partial charge in [-0.15, -0.1) is 0 Å². The van der Waals surface area contributed by atoms with Crippen molar-refractivity contribution in [2.24, 2.45) is 11.1 Å². The Morgan fingerprint density at radius 1 is 1.55 bits per heavy atom. The van der Waals surface area contributed by atoms with E-state index < -0.39 is 11.7 Å². The van der Waals surface area contributed by atoms with Gasteiger partial charge in [-0.3, -0.25) is 4.79 Å². The number of hydrogen-bond acceptors (Lipinski definition) is 4. The highest BCUT2D eigenvalue weighted by atomic mass is 19.1. The topological polar surface area (TPSA) is 73.1 Å². The molecule has 0 bridgehead atoms. The Morgan fingerprint density at radius 2 is 2.30 bits per heavy atom. The summed E-state index contributed by atoms with van der Waals surface area (Å²) in [5.41, 5.74) is 0.629. The lowest BCUT2D eigenvalue weighted by atomic mass is 9.93. The summed E-state index contributed by atoms with van der Waals surface area (Å²) >= 11 is 0. The van der Waals surface area contributed by atoms with Crippen molar-refractivity contribution < 1.29 is 19.5 Å². The fourth-order valence-corrected chi connectivity index (χ4v) is 2.44. The summed E-state index contributed by atoms with van der Waals surface area (Å²) in [5, 5.41) is 21.3. The fourth-order valence-electron chi connectivity index (χ4n) is 2.44.